The molecule has 2 rings (SSSR count). The van der Waals surface area contributed by atoms with Gasteiger partial charge in [0.25, 0.3) is 0 Å². The van der Waals surface area contributed by atoms with E-state index >= 15 is 0 Å². The van der Waals surface area contributed by atoms with Crippen molar-refractivity contribution in [3.05, 3.63) is 35.9 Å². The third kappa shape index (κ3) is 4.05. The van der Waals surface area contributed by atoms with Crippen molar-refractivity contribution in [1.29, 1.82) is 0 Å². The molecule has 1 saturated heterocycles. The first-order chi connectivity index (χ1) is 9.11. The normalized spacial score (nSPS) is 24.8. The minimum atomic E-state index is 0.0538. The highest BCUT2D eigenvalue weighted by Gasteiger charge is 2.29. The first-order valence-corrected chi connectivity index (χ1v) is 7.50. The number of ether oxygens (including phenoxy) is 1. The standard InChI is InChI=1S/C17H27NO/c1-14(2)16(15-8-5-4-6-9-15)12-18-13-17(3)10-7-11-19-17/h4-6,8-9,14,16,18H,7,10-13H2,1-3H3. The van der Waals surface area contributed by atoms with Crippen molar-refractivity contribution in [3.63, 3.8) is 0 Å². The summed E-state index contributed by atoms with van der Waals surface area (Å²) in [6.45, 7) is 9.73. The molecule has 0 radical (unpaired) electrons. The van der Waals surface area contributed by atoms with Gasteiger partial charge in [0.2, 0.25) is 0 Å². The van der Waals surface area contributed by atoms with Crippen molar-refractivity contribution >= 4 is 0 Å². The number of hydrogen-bond donors (Lipinski definition) is 1. The van der Waals surface area contributed by atoms with Gasteiger partial charge in [-0.25, -0.2) is 0 Å². The summed E-state index contributed by atoms with van der Waals surface area (Å²) in [6.07, 6.45) is 2.38. The zero-order chi connectivity index (χ0) is 13.7. The molecule has 0 bridgehead atoms. The highest BCUT2D eigenvalue weighted by atomic mass is 16.5. The van der Waals surface area contributed by atoms with E-state index in [9.17, 15) is 0 Å². The van der Waals surface area contributed by atoms with Crippen molar-refractivity contribution in [1.82, 2.24) is 5.32 Å². The van der Waals surface area contributed by atoms with Gasteiger partial charge in [0.05, 0.1) is 5.60 Å². The lowest BCUT2D eigenvalue weighted by atomic mass is 9.88. The molecule has 1 N–H and O–H groups in total. The fraction of sp³-hybridized carbons (Fsp3) is 0.647. The minimum Gasteiger partial charge on any atom is -0.374 e. The summed E-state index contributed by atoms with van der Waals surface area (Å²) in [7, 11) is 0. The quantitative estimate of drug-likeness (QED) is 0.845. The summed E-state index contributed by atoms with van der Waals surface area (Å²) in [5.74, 6) is 1.22. The molecule has 2 unspecified atom stereocenters. The molecule has 1 aliphatic heterocycles. The van der Waals surface area contributed by atoms with Crippen LogP contribution in [-0.4, -0.2) is 25.3 Å². The molecule has 2 heteroatoms. The van der Waals surface area contributed by atoms with Crippen LogP contribution in [-0.2, 0) is 4.74 Å². The molecule has 1 fully saturated rings. The maximum absolute atomic E-state index is 5.83. The average molecular weight is 261 g/mol. The second-order valence-corrected chi connectivity index (χ2v) is 6.29. The Labute approximate surface area is 117 Å². The van der Waals surface area contributed by atoms with Crippen LogP contribution in [0.2, 0.25) is 0 Å². The molecule has 1 heterocycles. The summed E-state index contributed by atoms with van der Waals surface area (Å²) in [5.41, 5.74) is 1.49. The van der Waals surface area contributed by atoms with E-state index < -0.39 is 0 Å². The van der Waals surface area contributed by atoms with E-state index in [1.54, 1.807) is 0 Å². The topological polar surface area (TPSA) is 21.3 Å². The SMILES string of the molecule is CC(C)C(CNCC1(C)CCCO1)c1ccccc1. The van der Waals surface area contributed by atoms with E-state index in [2.05, 4.69) is 56.4 Å². The Bertz CT molecular complexity index is 368. The van der Waals surface area contributed by atoms with Gasteiger partial charge in [-0.2, -0.15) is 0 Å². The van der Waals surface area contributed by atoms with Crippen molar-refractivity contribution in [2.24, 2.45) is 5.92 Å². The fourth-order valence-electron chi connectivity index (χ4n) is 2.91. The van der Waals surface area contributed by atoms with Gasteiger partial charge < -0.3 is 10.1 Å². The van der Waals surface area contributed by atoms with Crippen LogP contribution in [0.3, 0.4) is 0 Å². The largest absolute Gasteiger partial charge is 0.374 e. The fourth-order valence-corrected chi connectivity index (χ4v) is 2.91. The van der Waals surface area contributed by atoms with Crippen molar-refractivity contribution < 1.29 is 4.74 Å². The lowest BCUT2D eigenvalue weighted by Crippen LogP contribution is -2.39. The smallest absolute Gasteiger partial charge is 0.0779 e. The van der Waals surface area contributed by atoms with Crippen molar-refractivity contribution in [2.75, 3.05) is 19.7 Å². The van der Waals surface area contributed by atoms with Gasteiger partial charge >= 0.3 is 0 Å². The average Bonchev–Trinajstić information content (AvgIpc) is 2.82. The van der Waals surface area contributed by atoms with Crippen LogP contribution in [0.1, 0.15) is 45.1 Å². The van der Waals surface area contributed by atoms with Crippen LogP contribution in [0.4, 0.5) is 0 Å². The van der Waals surface area contributed by atoms with E-state index in [0.29, 0.717) is 11.8 Å². The zero-order valence-corrected chi connectivity index (χ0v) is 12.5. The Morgan fingerprint density at radius 1 is 1.26 bits per heavy atom. The summed E-state index contributed by atoms with van der Waals surface area (Å²) >= 11 is 0. The molecule has 1 aromatic carbocycles. The van der Waals surface area contributed by atoms with Gasteiger partial charge in [-0.15, -0.1) is 0 Å². The first kappa shape index (κ1) is 14.5. The molecule has 2 atom stereocenters. The number of hydrogen-bond acceptors (Lipinski definition) is 2. The molecule has 1 aromatic rings. The molecule has 106 valence electrons. The molecule has 1 aliphatic rings. The van der Waals surface area contributed by atoms with Crippen molar-refractivity contribution in [2.45, 2.75) is 45.1 Å². The van der Waals surface area contributed by atoms with Crippen LogP contribution >= 0.6 is 0 Å². The predicted molar refractivity (Wildman–Crippen MR) is 80.5 cm³/mol. The second-order valence-electron chi connectivity index (χ2n) is 6.29. The van der Waals surface area contributed by atoms with Gasteiger partial charge in [-0.1, -0.05) is 44.2 Å². The molecule has 0 aliphatic carbocycles. The Balaban J connectivity index is 1.88. The molecule has 0 amide bonds. The van der Waals surface area contributed by atoms with Gasteiger partial charge in [0, 0.05) is 19.7 Å². The molecule has 2 nitrogen and oxygen atoms in total. The highest BCUT2D eigenvalue weighted by molar-refractivity contribution is 5.20. The summed E-state index contributed by atoms with van der Waals surface area (Å²) in [4.78, 5) is 0. The molecular weight excluding hydrogens is 234 g/mol. The molecule has 19 heavy (non-hydrogen) atoms. The van der Waals surface area contributed by atoms with Crippen LogP contribution in [0.25, 0.3) is 0 Å². The van der Waals surface area contributed by atoms with Gasteiger partial charge in [0.15, 0.2) is 0 Å². The van der Waals surface area contributed by atoms with Gasteiger partial charge in [0.1, 0.15) is 0 Å². The van der Waals surface area contributed by atoms with E-state index in [1.807, 2.05) is 0 Å². The molecule has 0 saturated carbocycles. The van der Waals surface area contributed by atoms with E-state index in [1.165, 1.54) is 18.4 Å². The Morgan fingerprint density at radius 3 is 2.58 bits per heavy atom. The van der Waals surface area contributed by atoms with Crippen LogP contribution < -0.4 is 5.32 Å². The zero-order valence-electron chi connectivity index (χ0n) is 12.5. The maximum atomic E-state index is 5.83. The number of nitrogens with one attached hydrogen (secondary N) is 1. The van der Waals surface area contributed by atoms with Gasteiger partial charge in [-0.05, 0) is 37.2 Å². The van der Waals surface area contributed by atoms with Crippen LogP contribution in [0.5, 0.6) is 0 Å². The molecular formula is C17H27NO. The maximum Gasteiger partial charge on any atom is 0.0779 e. The molecule has 0 aromatic heterocycles. The Morgan fingerprint density at radius 2 is 2.00 bits per heavy atom. The third-order valence-electron chi connectivity index (χ3n) is 4.20. The number of rotatable bonds is 6. The Kier molecular flexibility index (Phi) is 5.00. The monoisotopic (exact) mass is 261 g/mol. The van der Waals surface area contributed by atoms with E-state index in [4.69, 9.17) is 4.74 Å². The first-order valence-electron chi connectivity index (χ1n) is 7.50. The van der Waals surface area contributed by atoms with Crippen molar-refractivity contribution in [3.8, 4) is 0 Å². The third-order valence-corrected chi connectivity index (χ3v) is 4.20. The Hall–Kier alpha value is -0.860. The minimum absolute atomic E-state index is 0.0538. The molecule has 0 spiro atoms. The second kappa shape index (κ2) is 6.53. The van der Waals surface area contributed by atoms with E-state index in [-0.39, 0.29) is 5.60 Å². The van der Waals surface area contributed by atoms with Gasteiger partial charge in [-0.3, -0.25) is 0 Å². The van der Waals surface area contributed by atoms with Crippen LogP contribution in [0, 0.1) is 5.92 Å². The lowest BCUT2D eigenvalue weighted by molar-refractivity contribution is 0.0205. The number of benzene rings is 1. The predicted octanol–water partition coefficient (Wildman–Crippen LogP) is 3.58. The summed E-state index contributed by atoms with van der Waals surface area (Å²) < 4.78 is 5.83. The van der Waals surface area contributed by atoms with Crippen LogP contribution in [0.15, 0.2) is 30.3 Å². The summed E-state index contributed by atoms with van der Waals surface area (Å²) in [6, 6.07) is 10.8. The summed E-state index contributed by atoms with van der Waals surface area (Å²) in [5, 5.41) is 3.62. The van der Waals surface area contributed by atoms with E-state index in [0.717, 1.165) is 19.7 Å². The lowest BCUT2D eigenvalue weighted by Gasteiger charge is -2.27. The highest BCUT2D eigenvalue weighted by Crippen LogP contribution is 2.26.